The quantitative estimate of drug-likeness (QED) is 0.111. The van der Waals surface area contributed by atoms with Crippen molar-refractivity contribution in [3.63, 3.8) is 0 Å². The largest absolute Gasteiger partial charge is 0.481 e. The first-order valence-electron chi connectivity index (χ1n) is 12.2. The highest BCUT2D eigenvalue weighted by Gasteiger charge is 2.51. The van der Waals surface area contributed by atoms with Crippen molar-refractivity contribution in [1.29, 1.82) is 0 Å². The molecule has 0 aromatic carbocycles. The van der Waals surface area contributed by atoms with E-state index in [1.54, 1.807) is 24.4 Å². The zero-order valence-electron chi connectivity index (χ0n) is 22.0. The summed E-state index contributed by atoms with van der Waals surface area (Å²) >= 11 is 6.12. The van der Waals surface area contributed by atoms with E-state index in [4.69, 9.17) is 41.2 Å². The Balaban J connectivity index is 1.42. The fourth-order valence-corrected chi connectivity index (χ4v) is 8.71. The molecule has 42 heavy (non-hydrogen) atoms. The monoisotopic (exact) mass is 678 g/mol. The number of nitrogens with two attached hydrogens (primary N) is 1. The van der Waals surface area contributed by atoms with Crippen molar-refractivity contribution >= 4 is 53.7 Å². The second-order valence-electron chi connectivity index (χ2n) is 9.78. The van der Waals surface area contributed by atoms with E-state index in [1.807, 2.05) is 0 Å². The van der Waals surface area contributed by atoms with E-state index in [0.717, 1.165) is 0 Å². The number of aromatic nitrogens is 2. The maximum atomic E-state index is 12.6. The molecule has 7 unspecified atom stereocenters. The van der Waals surface area contributed by atoms with Gasteiger partial charge in [-0.2, -0.15) is 0 Å². The lowest BCUT2D eigenvalue weighted by atomic mass is 9.96. The molecule has 18 nitrogen and oxygen atoms in total. The Morgan fingerprint density at radius 1 is 1.14 bits per heavy atom. The molecule has 4 heterocycles. The molecular formula is C20H32N4O14P2S2. The van der Waals surface area contributed by atoms with Crippen LogP contribution in [-0.2, 0) is 39.2 Å². The number of phosphoric ester groups is 1. The lowest BCUT2D eigenvalue weighted by molar-refractivity contribution is -0.292. The van der Waals surface area contributed by atoms with Crippen molar-refractivity contribution < 1.29 is 67.8 Å². The fourth-order valence-electron chi connectivity index (χ4n) is 4.66. The van der Waals surface area contributed by atoms with Gasteiger partial charge in [0.2, 0.25) is 0 Å². The number of rotatable bonds is 11. The predicted octanol–water partition coefficient (Wildman–Crippen LogP) is -2.47. The SMILES string of the molecule is CN(C)[C@@H]1[C@H](O)[C@@H](COP(O)(=S)OP(=O)(O)OC2OC([C@@H](O)CO)C(O)C(O)C2O)O[C@H]1c1csc2c(N)ncnc12. The van der Waals surface area contributed by atoms with Crippen LogP contribution in [0.4, 0.5) is 5.82 Å². The number of aliphatic hydroxyl groups is 6. The molecule has 0 bridgehead atoms. The van der Waals surface area contributed by atoms with Crippen LogP contribution in [0.2, 0.25) is 0 Å². The van der Waals surface area contributed by atoms with Gasteiger partial charge in [0, 0.05) is 5.56 Å². The highest BCUT2D eigenvalue weighted by Crippen LogP contribution is 2.62. The van der Waals surface area contributed by atoms with Crippen molar-refractivity contribution in [2.45, 2.75) is 61.2 Å². The van der Waals surface area contributed by atoms with Crippen LogP contribution in [-0.4, -0.2) is 138 Å². The van der Waals surface area contributed by atoms with Crippen molar-refractivity contribution in [2.75, 3.05) is 33.0 Å². The zero-order valence-corrected chi connectivity index (χ0v) is 25.4. The summed E-state index contributed by atoms with van der Waals surface area (Å²) in [5, 5.41) is 61.8. The minimum atomic E-state index is -5.41. The number of nitrogen functional groups attached to an aromatic ring is 1. The summed E-state index contributed by atoms with van der Waals surface area (Å²) in [6, 6.07) is -0.619. The number of aliphatic hydroxyl groups excluding tert-OH is 6. The number of ether oxygens (including phenoxy) is 2. The molecule has 0 spiro atoms. The number of fused-ring (bicyclic) bond motifs is 1. The lowest BCUT2D eigenvalue weighted by Crippen LogP contribution is -2.61. The molecule has 2 fully saturated rings. The Morgan fingerprint density at radius 2 is 1.83 bits per heavy atom. The first-order chi connectivity index (χ1) is 19.6. The van der Waals surface area contributed by atoms with Gasteiger partial charge in [0.1, 0.15) is 61.0 Å². The number of thiophene rings is 1. The second-order valence-corrected chi connectivity index (χ2v) is 15.0. The summed E-state index contributed by atoms with van der Waals surface area (Å²) in [6.45, 7) is -6.12. The molecule has 4 rings (SSSR count). The fraction of sp³-hybridized carbons (Fsp3) is 0.700. The maximum absolute atomic E-state index is 12.6. The average molecular weight is 679 g/mol. The van der Waals surface area contributed by atoms with Crippen LogP contribution in [0.1, 0.15) is 11.7 Å². The molecular weight excluding hydrogens is 646 g/mol. The summed E-state index contributed by atoms with van der Waals surface area (Å²) in [5.74, 6) is 0.279. The van der Waals surface area contributed by atoms with E-state index in [-0.39, 0.29) is 5.82 Å². The van der Waals surface area contributed by atoms with Crippen LogP contribution in [0, 0.1) is 0 Å². The van der Waals surface area contributed by atoms with E-state index in [1.165, 1.54) is 17.7 Å². The van der Waals surface area contributed by atoms with E-state index < -0.39 is 88.9 Å². The summed E-state index contributed by atoms with van der Waals surface area (Å²) in [4.78, 5) is 30.6. The molecule has 0 amide bonds. The number of phosphoric acid groups is 1. The van der Waals surface area contributed by atoms with E-state index in [9.17, 15) is 39.9 Å². The van der Waals surface area contributed by atoms with Gasteiger partial charge in [-0.1, -0.05) is 0 Å². The number of nitrogens with zero attached hydrogens (tertiary/aromatic N) is 3. The predicted molar refractivity (Wildman–Crippen MR) is 147 cm³/mol. The van der Waals surface area contributed by atoms with Gasteiger partial charge in [-0.15, -0.1) is 11.3 Å². The number of hydrogen-bond donors (Lipinski definition) is 9. The van der Waals surface area contributed by atoms with Crippen molar-refractivity contribution in [1.82, 2.24) is 14.9 Å². The molecule has 2 aliphatic rings. The maximum Gasteiger partial charge on any atom is 0.481 e. The van der Waals surface area contributed by atoms with Crippen LogP contribution in [0.25, 0.3) is 10.2 Å². The van der Waals surface area contributed by atoms with Gasteiger partial charge in [-0.25, -0.2) is 18.8 Å². The standard InChI is InChI=1S/C20H32N4O14P2S2/c1-24(2)11-12(27)9(35-16(11)7-5-42-18-10(7)22-6-23-19(18)21)4-34-40(33,41)38-39(31,32)37-20-15(30)13(28)14(29)17(36-20)8(26)3-25/h5-6,8-9,11-17,20,25-30H,3-4H2,1-2H3,(H,31,32)(H,33,41)(H2,21,22,23)/t8-,9+,11+,12+,13?,14?,15?,16-,17?,20?,40?/m0/s1. The summed E-state index contributed by atoms with van der Waals surface area (Å²) in [7, 11) is -1.98. The zero-order chi connectivity index (χ0) is 31.1. The Labute approximate surface area is 247 Å². The Kier molecular flexibility index (Phi) is 10.7. The topological polar surface area (TPSA) is 280 Å². The van der Waals surface area contributed by atoms with E-state index in [2.05, 4.69) is 14.3 Å². The van der Waals surface area contributed by atoms with Gasteiger partial charge in [-0.05, 0) is 31.3 Å². The molecule has 10 N–H and O–H groups in total. The molecule has 238 valence electrons. The summed E-state index contributed by atoms with van der Waals surface area (Å²) in [5.41, 5.74) is 7.10. The summed E-state index contributed by atoms with van der Waals surface area (Å²) in [6.07, 6.45) is -13.4. The van der Waals surface area contributed by atoms with Gasteiger partial charge in [0.15, 0.2) is 6.29 Å². The normalized spacial score (nSPS) is 35.7. The first kappa shape index (κ1) is 34.0. The Bertz CT molecular complexity index is 1340. The molecule has 0 radical (unpaired) electrons. The highest BCUT2D eigenvalue weighted by molar-refractivity contribution is 8.08. The Hall–Kier alpha value is -0.840. The third-order valence-electron chi connectivity index (χ3n) is 6.69. The highest BCUT2D eigenvalue weighted by atomic mass is 32.5. The smallest absolute Gasteiger partial charge is 0.394 e. The van der Waals surface area contributed by atoms with Gasteiger partial charge in [-0.3, -0.25) is 4.52 Å². The third-order valence-corrected chi connectivity index (χ3v) is 11.2. The minimum Gasteiger partial charge on any atom is -0.394 e. The van der Waals surface area contributed by atoms with Crippen LogP contribution in [0.5, 0.6) is 0 Å². The van der Waals surface area contributed by atoms with Crippen molar-refractivity contribution in [2.24, 2.45) is 0 Å². The van der Waals surface area contributed by atoms with E-state index in [0.29, 0.717) is 15.8 Å². The molecule has 2 aromatic rings. The van der Waals surface area contributed by atoms with Crippen LogP contribution < -0.4 is 5.73 Å². The number of likely N-dealkylation sites (N-methyl/N-ethyl adjacent to an activating group) is 1. The molecule has 22 heteroatoms. The van der Waals surface area contributed by atoms with Gasteiger partial charge in [0.25, 0.3) is 0 Å². The van der Waals surface area contributed by atoms with Gasteiger partial charge in [0.05, 0.1) is 29.5 Å². The molecule has 12 atom stereocenters. The lowest BCUT2D eigenvalue weighted by Gasteiger charge is -2.41. The Morgan fingerprint density at radius 3 is 2.48 bits per heavy atom. The second kappa shape index (κ2) is 13.3. The number of anilines is 1. The van der Waals surface area contributed by atoms with Crippen LogP contribution in [0.15, 0.2) is 11.7 Å². The third kappa shape index (κ3) is 7.17. The van der Waals surface area contributed by atoms with Crippen LogP contribution >= 0.6 is 25.9 Å². The van der Waals surface area contributed by atoms with Crippen LogP contribution in [0.3, 0.4) is 0 Å². The van der Waals surface area contributed by atoms with Gasteiger partial charge < -0.3 is 65.1 Å². The molecule has 2 saturated heterocycles. The minimum absolute atomic E-state index is 0.279. The molecule has 2 aliphatic heterocycles. The number of hydrogen-bond acceptors (Lipinski definition) is 18. The van der Waals surface area contributed by atoms with Crippen molar-refractivity contribution in [3.8, 4) is 0 Å². The average Bonchev–Trinajstić information content (AvgIpc) is 3.48. The molecule has 2 aromatic heterocycles. The molecule has 0 aliphatic carbocycles. The van der Waals surface area contributed by atoms with Crippen molar-refractivity contribution in [3.05, 3.63) is 17.3 Å². The van der Waals surface area contributed by atoms with E-state index >= 15 is 0 Å². The van der Waals surface area contributed by atoms with Gasteiger partial charge >= 0.3 is 14.5 Å². The first-order valence-corrected chi connectivity index (χ1v) is 17.2. The summed E-state index contributed by atoms with van der Waals surface area (Å²) < 4.78 is 38.8. The molecule has 0 saturated carbocycles.